The van der Waals surface area contributed by atoms with Crippen molar-refractivity contribution in [3.8, 4) is 0 Å². The Bertz CT molecular complexity index is 216. The first-order valence-corrected chi connectivity index (χ1v) is 5.04. The molecule has 2 atom stereocenters. The minimum atomic E-state index is -0.244. The van der Waals surface area contributed by atoms with E-state index in [4.69, 9.17) is 9.47 Å². The summed E-state index contributed by atoms with van der Waals surface area (Å²) in [7, 11) is 0. The second kappa shape index (κ2) is 2.98. The van der Waals surface area contributed by atoms with E-state index < -0.39 is 0 Å². The highest BCUT2D eigenvalue weighted by Gasteiger charge is 2.55. The molecule has 1 saturated carbocycles. The van der Waals surface area contributed by atoms with Gasteiger partial charge in [-0.1, -0.05) is 13.8 Å². The fraction of sp³-hybridized carbons (Fsp3) is 0.900. The maximum atomic E-state index is 11.2. The van der Waals surface area contributed by atoms with Gasteiger partial charge in [0.15, 0.2) is 6.10 Å². The summed E-state index contributed by atoms with van der Waals surface area (Å²) in [5.41, 5.74) is 0.296. The van der Waals surface area contributed by atoms with Crippen molar-refractivity contribution in [3.05, 3.63) is 0 Å². The van der Waals surface area contributed by atoms with Crippen molar-refractivity contribution in [2.75, 3.05) is 6.61 Å². The maximum Gasteiger partial charge on any atom is 0.337 e. The summed E-state index contributed by atoms with van der Waals surface area (Å²) in [4.78, 5) is 11.2. The predicted octanol–water partition coefficient (Wildman–Crippen LogP) is 1.51. The normalized spacial score (nSPS) is 34.0. The van der Waals surface area contributed by atoms with E-state index in [2.05, 4.69) is 13.8 Å². The number of esters is 1. The average molecular weight is 184 g/mol. The van der Waals surface area contributed by atoms with Crippen LogP contribution in [0, 0.1) is 5.41 Å². The van der Waals surface area contributed by atoms with Crippen LogP contribution in [-0.2, 0) is 14.3 Å². The fourth-order valence-electron chi connectivity index (χ4n) is 1.87. The second-order valence-electron chi connectivity index (χ2n) is 4.02. The van der Waals surface area contributed by atoms with E-state index in [1.54, 1.807) is 0 Å². The van der Waals surface area contributed by atoms with Crippen LogP contribution in [0.4, 0.5) is 0 Å². The van der Waals surface area contributed by atoms with Gasteiger partial charge in [0.1, 0.15) is 6.10 Å². The van der Waals surface area contributed by atoms with Crippen molar-refractivity contribution in [1.29, 1.82) is 0 Å². The van der Waals surface area contributed by atoms with Crippen LogP contribution < -0.4 is 0 Å². The molecular weight excluding hydrogens is 168 g/mol. The van der Waals surface area contributed by atoms with Gasteiger partial charge in [-0.05, 0) is 19.3 Å². The Kier molecular flexibility index (Phi) is 2.06. The van der Waals surface area contributed by atoms with Crippen molar-refractivity contribution < 1.29 is 14.3 Å². The van der Waals surface area contributed by atoms with Crippen LogP contribution >= 0.6 is 0 Å². The molecule has 1 heterocycles. The lowest BCUT2D eigenvalue weighted by atomic mass is 10.0. The SMILES string of the molecule is CCC1(CC)CC1OC(=O)C1CO1. The quantitative estimate of drug-likeness (QED) is 0.491. The number of rotatable bonds is 4. The Morgan fingerprint density at radius 3 is 2.54 bits per heavy atom. The average Bonchev–Trinajstić information content (AvgIpc) is 3.01. The number of ether oxygens (including phenoxy) is 2. The molecular formula is C10H16O3. The summed E-state index contributed by atoms with van der Waals surface area (Å²) in [5.74, 6) is -0.159. The maximum absolute atomic E-state index is 11.2. The van der Waals surface area contributed by atoms with Crippen molar-refractivity contribution in [2.24, 2.45) is 5.41 Å². The zero-order valence-corrected chi connectivity index (χ0v) is 8.21. The predicted molar refractivity (Wildman–Crippen MR) is 47.3 cm³/mol. The molecule has 0 aromatic rings. The molecule has 1 aliphatic heterocycles. The number of hydrogen-bond donors (Lipinski definition) is 0. The summed E-state index contributed by atoms with van der Waals surface area (Å²) in [6.45, 7) is 4.87. The summed E-state index contributed by atoms with van der Waals surface area (Å²) in [6, 6.07) is 0. The van der Waals surface area contributed by atoms with E-state index in [1.807, 2.05) is 0 Å². The molecule has 3 nitrogen and oxygen atoms in total. The molecule has 1 saturated heterocycles. The summed E-state index contributed by atoms with van der Waals surface area (Å²) in [5, 5.41) is 0. The van der Waals surface area contributed by atoms with Gasteiger partial charge >= 0.3 is 5.97 Å². The van der Waals surface area contributed by atoms with E-state index >= 15 is 0 Å². The van der Waals surface area contributed by atoms with E-state index in [0.717, 1.165) is 19.3 Å². The first-order valence-electron chi connectivity index (χ1n) is 5.04. The minimum absolute atomic E-state index is 0.159. The lowest BCUT2D eigenvalue weighted by Crippen LogP contribution is -2.17. The highest BCUT2D eigenvalue weighted by molar-refractivity contribution is 5.77. The van der Waals surface area contributed by atoms with E-state index in [0.29, 0.717) is 12.0 Å². The van der Waals surface area contributed by atoms with Gasteiger partial charge in [0.2, 0.25) is 0 Å². The molecule has 0 amide bonds. The molecule has 2 fully saturated rings. The topological polar surface area (TPSA) is 38.8 Å². The fourth-order valence-corrected chi connectivity index (χ4v) is 1.87. The molecule has 2 aliphatic rings. The van der Waals surface area contributed by atoms with E-state index in [1.165, 1.54) is 0 Å². The zero-order chi connectivity index (χ0) is 9.47. The van der Waals surface area contributed by atoms with Crippen LogP contribution in [-0.4, -0.2) is 24.8 Å². The molecule has 0 aromatic carbocycles. The highest BCUT2D eigenvalue weighted by Crippen LogP contribution is 2.54. The molecule has 0 N–H and O–H groups in total. The molecule has 0 aromatic heterocycles. The van der Waals surface area contributed by atoms with Crippen molar-refractivity contribution in [2.45, 2.75) is 45.3 Å². The standard InChI is InChI=1S/C10H16O3/c1-3-10(4-2)5-8(10)13-9(11)7-6-12-7/h7-8H,3-6H2,1-2H3. The lowest BCUT2D eigenvalue weighted by molar-refractivity contribution is -0.147. The van der Waals surface area contributed by atoms with E-state index in [9.17, 15) is 4.79 Å². The number of epoxide rings is 1. The third-order valence-corrected chi connectivity index (χ3v) is 3.38. The summed E-state index contributed by atoms with van der Waals surface area (Å²) in [6.07, 6.45) is 3.17. The second-order valence-corrected chi connectivity index (χ2v) is 4.02. The van der Waals surface area contributed by atoms with Gasteiger partial charge in [0.05, 0.1) is 6.61 Å². The molecule has 0 spiro atoms. The van der Waals surface area contributed by atoms with Gasteiger partial charge in [-0.2, -0.15) is 0 Å². The van der Waals surface area contributed by atoms with Gasteiger partial charge in [0.25, 0.3) is 0 Å². The van der Waals surface area contributed by atoms with Crippen molar-refractivity contribution >= 4 is 5.97 Å². The lowest BCUT2D eigenvalue weighted by Gasteiger charge is -2.11. The molecule has 2 rings (SSSR count). The third kappa shape index (κ3) is 1.57. The van der Waals surface area contributed by atoms with Crippen LogP contribution in [0.1, 0.15) is 33.1 Å². The van der Waals surface area contributed by atoms with Crippen LogP contribution in [0.5, 0.6) is 0 Å². The molecule has 1 aliphatic carbocycles. The van der Waals surface area contributed by atoms with Gasteiger partial charge in [-0.3, -0.25) is 0 Å². The van der Waals surface area contributed by atoms with Crippen LogP contribution in [0.25, 0.3) is 0 Å². The first kappa shape index (κ1) is 9.00. The number of hydrogen-bond acceptors (Lipinski definition) is 3. The van der Waals surface area contributed by atoms with E-state index in [-0.39, 0.29) is 18.2 Å². The zero-order valence-electron chi connectivity index (χ0n) is 8.21. The van der Waals surface area contributed by atoms with Gasteiger partial charge in [-0.15, -0.1) is 0 Å². The summed E-state index contributed by atoms with van der Waals surface area (Å²) >= 11 is 0. The Morgan fingerprint density at radius 1 is 1.54 bits per heavy atom. The Morgan fingerprint density at radius 2 is 2.15 bits per heavy atom. The molecule has 0 bridgehead atoms. The van der Waals surface area contributed by atoms with Crippen molar-refractivity contribution in [3.63, 3.8) is 0 Å². The number of carbonyl (C=O) groups excluding carboxylic acids is 1. The molecule has 13 heavy (non-hydrogen) atoms. The first-order chi connectivity index (χ1) is 6.22. The number of carbonyl (C=O) groups is 1. The Hall–Kier alpha value is -0.570. The smallest absolute Gasteiger partial charge is 0.337 e. The molecule has 2 unspecified atom stereocenters. The minimum Gasteiger partial charge on any atom is -0.460 e. The monoisotopic (exact) mass is 184 g/mol. The third-order valence-electron chi connectivity index (χ3n) is 3.38. The Labute approximate surface area is 78.4 Å². The summed E-state index contributed by atoms with van der Waals surface area (Å²) < 4.78 is 10.2. The van der Waals surface area contributed by atoms with Gasteiger partial charge < -0.3 is 9.47 Å². The highest BCUT2D eigenvalue weighted by atomic mass is 16.6. The molecule has 0 radical (unpaired) electrons. The van der Waals surface area contributed by atoms with Crippen LogP contribution in [0.2, 0.25) is 0 Å². The Balaban J connectivity index is 1.81. The largest absolute Gasteiger partial charge is 0.460 e. The van der Waals surface area contributed by atoms with Crippen molar-refractivity contribution in [1.82, 2.24) is 0 Å². The van der Waals surface area contributed by atoms with Gasteiger partial charge in [-0.25, -0.2) is 4.79 Å². The van der Waals surface area contributed by atoms with Gasteiger partial charge in [0, 0.05) is 5.41 Å². The van der Waals surface area contributed by atoms with Crippen LogP contribution in [0.3, 0.4) is 0 Å². The molecule has 74 valence electrons. The molecule has 3 heteroatoms. The van der Waals surface area contributed by atoms with Crippen LogP contribution in [0.15, 0.2) is 0 Å².